The van der Waals surface area contributed by atoms with Crippen molar-refractivity contribution < 1.29 is 5.11 Å². The molecule has 0 aromatic heterocycles. The van der Waals surface area contributed by atoms with Crippen LogP contribution in [0.25, 0.3) is 10.4 Å². The Morgan fingerprint density at radius 2 is 2.33 bits per heavy atom. The van der Waals surface area contributed by atoms with Crippen LogP contribution in [0.15, 0.2) is 17.3 Å². The van der Waals surface area contributed by atoms with Crippen LogP contribution in [0.2, 0.25) is 0 Å². The summed E-state index contributed by atoms with van der Waals surface area (Å²) in [6.07, 6.45) is 7.13. The Bertz CT molecular complexity index is 208. The lowest BCUT2D eigenvalue weighted by Gasteiger charge is -2.16. The van der Waals surface area contributed by atoms with Crippen LogP contribution in [-0.4, -0.2) is 17.3 Å². The molecule has 0 aromatic carbocycles. The fourth-order valence-electron chi connectivity index (χ4n) is 1.33. The second-order valence-electron chi connectivity index (χ2n) is 2.98. The monoisotopic (exact) mass is 167 g/mol. The molecular weight excluding hydrogens is 154 g/mol. The Hall–Kier alpha value is -0.990. The van der Waals surface area contributed by atoms with Crippen molar-refractivity contribution in [3.8, 4) is 0 Å². The molecule has 12 heavy (non-hydrogen) atoms. The zero-order chi connectivity index (χ0) is 8.81. The van der Waals surface area contributed by atoms with Gasteiger partial charge < -0.3 is 5.11 Å². The third kappa shape index (κ3) is 2.57. The van der Waals surface area contributed by atoms with E-state index >= 15 is 0 Å². The van der Waals surface area contributed by atoms with Crippen LogP contribution < -0.4 is 0 Å². The Labute approximate surface area is 71.5 Å². The highest BCUT2D eigenvalue weighted by Gasteiger charge is 2.15. The van der Waals surface area contributed by atoms with Crippen molar-refractivity contribution in [2.24, 2.45) is 5.11 Å². The number of hydrogen-bond donors (Lipinski definition) is 1. The largest absolute Gasteiger partial charge is 0.392 e. The van der Waals surface area contributed by atoms with E-state index in [2.05, 4.69) is 10.0 Å². The van der Waals surface area contributed by atoms with Gasteiger partial charge in [0.25, 0.3) is 0 Å². The normalized spacial score (nSPS) is 32.8. The van der Waals surface area contributed by atoms with E-state index in [0.717, 1.165) is 25.7 Å². The van der Waals surface area contributed by atoms with E-state index in [1.165, 1.54) is 0 Å². The fourth-order valence-corrected chi connectivity index (χ4v) is 1.33. The summed E-state index contributed by atoms with van der Waals surface area (Å²) >= 11 is 0. The van der Waals surface area contributed by atoms with Crippen molar-refractivity contribution in [3.63, 3.8) is 0 Å². The molecule has 2 atom stereocenters. The number of hydrogen-bond acceptors (Lipinski definition) is 2. The topological polar surface area (TPSA) is 69.0 Å². The molecule has 0 saturated carbocycles. The average molecular weight is 167 g/mol. The molecule has 4 heteroatoms. The molecule has 1 aliphatic carbocycles. The summed E-state index contributed by atoms with van der Waals surface area (Å²) in [5.41, 5.74) is 8.21. The lowest BCUT2D eigenvalue weighted by atomic mass is 10.0. The van der Waals surface area contributed by atoms with Crippen LogP contribution in [0.5, 0.6) is 0 Å². The van der Waals surface area contributed by atoms with Gasteiger partial charge in [-0.3, -0.25) is 0 Å². The van der Waals surface area contributed by atoms with E-state index in [1.807, 2.05) is 6.08 Å². The van der Waals surface area contributed by atoms with Crippen molar-refractivity contribution in [1.29, 1.82) is 0 Å². The SMILES string of the molecule is [N-]=[N+]=NC1/C=C\CCCCC1O. The number of aliphatic hydroxyl groups is 1. The first-order valence-electron chi connectivity index (χ1n) is 4.23. The first-order valence-corrected chi connectivity index (χ1v) is 4.23. The third-order valence-electron chi connectivity index (χ3n) is 2.03. The number of allylic oxidation sites excluding steroid dienone is 1. The van der Waals surface area contributed by atoms with Gasteiger partial charge in [-0.1, -0.05) is 23.7 Å². The minimum absolute atomic E-state index is 0.365. The zero-order valence-corrected chi connectivity index (χ0v) is 6.93. The molecule has 1 aliphatic rings. The van der Waals surface area contributed by atoms with Gasteiger partial charge in [-0.15, -0.1) is 0 Å². The smallest absolute Gasteiger partial charge is 0.0814 e. The van der Waals surface area contributed by atoms with Crippen LogP contribution in [0.4, 0.5) is 0 Å². The van der Waals surface area contributed by atoms with E-state index in [-0.39, 0.29) is 6.04 Å². The summed E-state index contributed by atoms with van der Waals surface area (Å²) in [6.45, 7) is 0. The quantitative estimate of drug-likeness (QED) is 0.276. The molecule has 66 valence electrons. The summed E-state index contributed by atoms with van der Waals surface area (Å²) in [7, 11) is 0. The number of aliphatic hydroxyl groups excluding tert-OH is 1. The maximum Gasteiger partial charge on any atom is 0.0814 e. The summed E-state index contributed by atoms with van der Waals surface area (Å²) < 4.78 is 0. The molecule has 0 bridgehead atoms. The van der Waals surface area contributed by atoms with Gasteiger partial charge in [0, 0.05) is 4.91 Å². The van der Waals surface area contributed by atoms with Crippen LogP contribution in [0.3, 0.4) is 0 Å². The molecule has 0 aliphatic heterocycles. The maximum absolute atomic E-state index is 9.49. The number of azide groups is 1. The maximum atomic E-state index is 9.49. The predicted octanol–water partition coefficient (Wildman–Crippen LogP) is 2.16. The van der Waals surface area contributed by atoms with Crippen molar-refractivity contribution >= 4 is 0 Å². The van der Waals surface area contributed by atoms with Crippen molar-refractivity contribution in [1.82, 2.24) is 0 Å². The molecule has 0 radical (unpaired) electrons. The molecule has 1 N–H and O–H groups in total. The lowest BCUT2D eigenvalue weighted by molar-refractivity contribution is 0.146. The summed E-state index contributed by atoms with van der Waals surface area (Å²) in [5.74, 6) is 0. The van der Waals surface area contributed by atoms with Gasteiger partial charge in [-0.2, -0.15) is 0 Å². The van der Waals surface area contributed by atoms with Crippen LogP contribution >= 0.6 is 0 Å². The van der Waals surface area contributed by atoms with E-state index in [1.54, 1.807) is 6.08 Å². The van der Waals surface area contributed by atoms with Crippen molar-refractivity contribution in [2.45, 2.75) is 37.8 Å². The first-order chi connectivity index (χ1) is 5.84. The highest BCUT2D eigenvalue weighted by molar-refractivity contribution is 4.98. The molecule has 0 fully saturated rings. The Morgan fingerprint density at radius 3 is 3.08 bits per heavy atom. The summed E-state index contributed by atoms with van der Waals surface area (Å²) in [5, 5.41) is 13.0. The average Bonchev–Trinajstić information content (AvgIpc) is 2.05. The molecule has 0 saturated heterocycles. The van der Waals surface area contributed by atoms with Gasteiger partial charge in [0.05, 0.1) is 12.1 Å². The Kier molecular flexibility index (Phi) is 3.64. The molecule has 2 unspecified atom stereocenters. The molecule has 4 nitrogen and oxygen atoms in total. The van der Waals surface area contributed by atoms with Gasteiger partial charge in [0.2, 0.25) is 0 Å². The number of nitrogens with zero attached hydrogens (tertiary/aromatic N) is 3. The van der Waals surface area contributed by atoms with Gasteiger partial charge >= 0.3 is 0 Å². The molecule has 0 spiro atoms. The molecular formula is C8H13N3O. The number of rotatable bonds is 1. The van der Waals surface area contributed by atoms with E-state index in [9.17, 15) is 5.11 Å². The van der Waals surface area contributed by atoms with Crippen LogP contribution in [0.1, 0.15) is 25.7 Å². The van der Waals surface area contributed by atoms with Crippen molar-refractivity contribution in [3.05, 3.63) is 22.6 Å². The fraction of sp³-hybridized carbons (Fsp3) is 0.750. The predicted molar refractivity (Wildman–Crippen MR) is 46.5 cm³/mol. The zero-order valence-electron chi connectivity index (χ0n) is 6.93. The second-order valence-corrected chi connectivity index (χ2v) is 2.98. The lowest BCUT2D eigenvalue weighted by Crippen LogP contribution is -2.22. The van der Waals surface area contributed by atoms with Gasteiger partial charge in [0.15, 0.2) is 0 Å². The van der Waals surface area contributed by atoms with Gasteiger partial charge in [0.1, 0.15) is 0 Å². The summed E-state index contributed by atoms with van der Waals surface area (Å²) in [6, 6.07) is -0.365. The Balaban J connectivity index is 2.63. The molecule has 0 heterocycles. The highest BCUT2D eigenvalue weighted by Crippen LogP contribution is 2.14. The van der Waals surface area contributed by atoms with Gasteiger partial charge in [-0.25, -0.2) is 0 Å². The van der Waals surface area contributed by atoms with Gasteiger partial charge in [-0.05, 0) is 24.8 Å². The molecule has 0 aromatic rings. The van der Waals surface area contributed by atoms with Crippen LogP contribution in [-0.2, 0) is 0 Å². The van der Waals surface area contributed by atoms with E-state index in [0.29, 0.717) is 0 Å². The minimum Gasteiger partial charge on any atom is -0.392 e. The first kappa shape index (κ1) is 9.10. The molecule has 0 amide bonds. The standard InChI is InChI=1S/C8H13N3O/c9-11-10-7-5-3-1-2-4-6-8(7)12/h3,5,7-8,12H,1-2,4,6H2/b5-3-. The van der Waals surface area contributed by atoms with E-state index in [4.69, 9.17) is 5.53 Å². The van der Waals surface area contributed by atoms with Crippen molar-refractivity contribution in [2.75, 3.05) is 0 Å². The second kappa shape index (κ2) is 4.80. The van der Waals surface area contributed by atoms with Crippen LogP contribution in [0, 0.1) is 0 Å². The summed E-state index contributed by atoms with van der Waals surface area (Å²) in [4.78, 5) is 2.70. The third-order valence-corrected chi connectivity index (χ3v) is 2.03. The minimum atomic E-state index is -0.502. The highest BCUT2D eigenvalue weighted by atomic mass is 16.3. The van der Waals surface area contributed by atoms with E-state index < -0.39 is 6.10 Å². The molecule has 1 rings (SSSR count). The Morgan fingerprint density at radius 1 is 1.50 bits per heavy atom.